The van der Waals surface area contributed by atoms with Crippen molar-refractivity contribution >= 4 is 47.1 Å². The van der Waals surface area contributed by atoms with Crippen molar-refractivity contribution in [3.05, 3.63) is 215 Å². The SMILES string of the molecule is C.Cc1cccc(N(c2ccc(/C=C/C=C/c3ccccc3)cc2)c2ccc(/C=C/C=C/c3ccccc3)cc2)c1.Cc1cccc(N)c1.[HH]. The Labute approximate surface area is 295 Å². The van der Waals surface area contributed by atoms with Gasteiger partial charge < -0.3 is 10.6 Å². The van der Waals surface area contributed by atoms with Crippen LogP contribution in [0.15, 0.2) is 182 Å². The summed E-state index contributed by atoms with van der Waals surface area (Å²) in [7, 11) is 0. The molecule has 0 heterocycles. The zero-order chi connectivity index (χ0) is 33.4. The summed E-state index contributed by atoms with van der Waals surface area (Å²) in [5, 5.41) is 0. The number of benzene rings is 6. The lowest BCUT2D eigenvalue weighted by molar-refractivity contribution is 1.27. The molecule has 6 aromatic rings. The number of hydrogen-bond acceptors (Lipinski definition) is 2. The van der Waals surface area contributed by atoms with E-state index in [-0.39, 0.29) is 8.85 Å². The van der Waals surface area contributed by atoms with Gasteiger partial charge in [-0.15, -0.1) is 0 Å². The van der Waals surface area contributed by atoms with Gasteiger partial charge in [0.15, 0.2) is 0 Å². The van der Waals surface area contributed by atoms with E-state index in [0.29, 0.717) is 0 Å². The summed E-state index contributed by atoms with van der Waals surface area (Å²) in [6, 6.07) is 54.5. The molecule has 6 aromatic carbocycles. The lowest BCUT2D eigenvalue weighted by Crippen LogP contribution is -2.10. The maximum absolute atomic E-state index is 5.46. The number of hydrogen-bond donors (Lipinski definition) is 1. The Balaban J connectivity index is 0.000000597. The molecule has 0 spiro atoms. The molecule has 6 rings (SSSR count). The third kappa shape index (κ3) is 11.6. The highest BCUT2D eigenvalue weighted by Gasteiger charge is 2.12. The maximum Gasteiger partial charge on any atom is 0.0464 e. The van der Waals surface area contributed by atoms with Crippen molar-refractivity contribution in [1.82, 2.24) is 0 Å². The van der Waals surface area contributed by atoms with Gasteiger partial charge in [0, 0.05) is 24.2 Å². The van der Waals surface area contributed by atoms with Crippen LogP contribution in [-0.2, 0) is 0 Å². The Morgan fingerprint density at radius 2 is 0.796 bits per heavy atom. The van der Waals surface area contributed by atoms with E-state index in [2.05, 4.69) is 182 Å². The molecular weight excluding hydrogens is 593 g/mol. The lowest BCUT2D eigenvalue weighted by atomic mass is 10.1. The van der Waals surface area contributed by atoms with Crippen LogP contribution in [0.25, 0.3) is 24.3 Å². The van der Waals surface area contributed by atoms with Crippen LogP contribution >= 0.6 is 0 Å². The second-order valence-corrected chi connectivity index (χ2v) is 11.5. The van der Waals surface area contributed by atoms with Gasteiger partial charge in [-0.3, -0.25) is 0 Å². The Morgan fingerprint density at radius 3 is 1.16 bits per heavy atom. The standard InChI is InChI=1S/C39H33N.C7H9N.CH4.H2/c1-32-13-12-22-39(31-32)40(37-27-23-35(24-28-37)20-10-8-18-33-14-4-2-5-15-33)38-29-25-36(26-30-38)21-11-9-19-34-16-6-3-7-17-34;1-6-3-2-4-7(8)5-6;;/h2-31H,1H3;2-5H,8H2,1H3;1H4;1H/b18-8+,19-9+,20-10+,21-11+;;;. The third-order valence-corrected chi connectivity index (χ3v) is 7.58. The number of allylic oxidation sites excluding steroid dienone is 4. The minimum absolute atomic E-state index is 0. The van der Waals surface area contributed by atoms with Crippen LogP contribution in [-0.4, -0.2) is 0 Å². The molecule has 246 valence electrons. The van der Waals surface area contributed by atoms with Gasteiger partial charge in [0.1, 0.15) is 0 Å². The maximum atomic E-state index is 5.46. The fraction of sp³-hybridized carbons (Fsp3) is 0.0638. The van der Waals surface area contributed by atoms with E-state index in [4.69, 9.17) is 5.73 Å². The van der Waals surface area contributed by atoms with Crippen molar-refractivity contribution in [2.45, 2.75) is 21.3 Å². The molecular formula is C47H48N2. The molecule has 2 nitrogen and oxygen atoms in total. The minimum Gasteiger partial charge on any atom is -0.399 e. The number of nitrogens with zero attached hydrogens (tertiary/aromatic N) is 1. The first-order valence-electron chi connectivity index (χ1n) is 16.2. The molecule has 2 N–H and O–H groups in total. The summed E-state index contributed by atoms with van der Waals surface area (Å²) in [5.74, 6) is 0. The zero-order valence-corrected chi connectivity index (χ0v) is 27.7. The predicted molar refractivity (Wildman–Crippen MR) is 219 cm³/mol. The number of aryl methyl sites for hydroxylation is 2. The molecule has 0 radical (unpaired) electrons. The van der Waals surface area contributed by atoms with Crippen molar-refractivity contribution < 1.29 is 1.43 Å². The Morgan fingerprint density at radius 1 is 0.408 bits per heavy atom. The van der Waals surface area contributed by atoms with Gasteiger partial charge in [-0.25, -0.2) is 0 Å². The largest absolute Gasteiger partial charge is 0.399 e. The molecule has 0 atom stereocenters. The van der Waals surface area contributed by atoms with Gasteiger partial charge in [0.25, 0.3) is 0 Å². The first kappa shape index (κ1) is 35.7. The topological polar surface area (TPSA) is 29.3 Å². The molecule has 2 heteroatoms. The monoisotopic (exact) mass is 640 g/mol. The van der Waals surface area contributed by atoms with E-state index < -0.39 is 0 Å². The summed E-state index contributed by atoms with van der Waals surface area (Å²) in [6.07, 6.45) is 16.8. The van der Waals surface area contributed by atoms with Gasteiger partial charge in [-0.1, -0.05) is 165 Å². The number of nitrogen functional groups attached to an aromatic ring is 1. The number of anilines is 4. The second kappa shape index (κ2) is 18.9. The van der Waals surface area contributed by atoms with Gasteiger partial charge in [-0.2, -0.15) is 0 Å². The molecule has 0 saturated carbocycles. The van der Waals surface area contributed by atoms with E-state index in [1.165, 1.54) is 22.3 Å². The average molecular weight is 641 g/mol. The molecule has 0 unspecified atom stereocenters. The zero-order valence-electron chi connectivity index (χ0n) is 27.7. The van der Waals surface area contributed by atoms with Gasteiger partial charge >= 0.3 is 0 Å². The Hall–Kier alpha value is -6.12. The molecule has 49 heavy (non-hydrogen) atoms. The van der Waals surface area contributed by atoms with Crippen LogP contribution in [0.2, 0.25) is 0 Å². The van der Waals surface area contributed by atoms with Crippen LogP contribution in [0, 0.1) is 13.8 Å². The summed E-state index contributed by atoms with van der Waals surface area (Å²) >= 11 is 0. The molecule has 0 aliphatic carbocycles. The summed E-state index contributed by atoms with van der Waals surface area (Å²) in [6.45, 7) is 4.16. The summed E-state index contributed by atoms with van der Waals surface area (Å²) in [4.78, 5) is 2.30. The quantitative estimate of drug-likeness (QED) is 0.126. The van der Waals surface area contributed by atoms with Crippen molar-refractivity contribution in [1.29, 1.82) is 0 Å². The first-order valence-corrected chi connectivity index (χ1v) is 16.2. The van der Waals surface area contributed by atoms with Crippen LogP contribution in [0.4, 0.5) is 22.7 Å². The van der Waals surface area contributed by atoms with E-state index >= 15 is 0 Å². The van der Waals surface area contributed by atoms with Crippen LogP contribution < -0.4 is 10.6 Å². The molecule has 0 bridgehead atoms. The van der Waals surface area contributed by atoms with Gasteiger partial charge in [0.05, 0.1) is 0 Å². The predicted octanol–water partition coefficient (Wildman–Crippen LogP) is 13.4. The van der Waals surface area contributed by atoms with E-state index in [1.807, 2.05) is 43.3 Å². The molecule has 0 aromatic heterocycles. The van der Waals surface area contributed by atoms with Gasteiger partial charge in [-0.05, 0) is 95.8 Å². The van der Waals surface area contributed by atoms with Crippen molar-refractivity contribution in [2.24, 2.45) is 0 Å². The average Bonchev–Trinajstić information content (AvgIpc) is 3.11. The lowest BCUT2D eigenvalue weighted by Gasteiger charge is -2.26. The third-order valence-electron chi connectivity index (χ3n) is 7.58. The fourth-order valence-electron chi connectivity index (χ4n) is 5.15. The second-order valence-electron chi connectivity index (χ2n) is 11.5. The minimum atomic E-state index is 0. The molecule has 0 amide bonds. The van der Waals surface area contributed by atoms with Crippen LogP contribution in [0.3, 0.4) is 0 Å². The van der Waals surface area contributed by atoms with E-state index in [1.54, 1.807) is 0 Å². The van der Waals surface area contributed by atoms with Crippen molar-refractivity contribution in [3.8, 4) is 0 Å². The van der Waals surface area contributed by atoms with Gasteiger partial charge in [0.2, 0.25) is 0 Å². The number of nitrogens with two attached hydrogens (primary N) is 1. The van der Waals surface area contributed by atoms with E-state index in [0.717, 1.165) is 33.9 Å². The van der Waals surface area contributed by atoms with Crippen LogP contribution in [0.1, 0.15) is 42.2 Å². The summed E-state index contributed by atoms with van der Waals surface area (Å²) < 4.78 is 0. The highest BCUT2D eigenvalue weighted by Crippen LogP contribution is 2.35. The van der Waals surface area contributed by atoms with Crippen molar-refractivity contribution in [2.75, 3.05) is 10.6 Å². The summed E-state index contributed by atoms with van der Waals surface area (Å²) in [5.41, 5.74) is 16.8. The number of rotatable bonds is 9. The Kier molecular flexibility index (Phi) is 13.8. The highest BCUT2D eigenvalue weighted by molar-refractivity contribution is 5.78. The highest BCUT2D eigenvalue weighted by atomic mass is 15.1. The molecule has 0 aliphatic heterocycles. The molecule has 0 saturated heterocycles. The van der Waals surface area contributed by atoms with Crippen molar-refractivity contribution in [3.63, 3.8) is 0 Å². The molecule has 0 aliphatic rings. The fourth-order valence-corrected chi connectivity index (χ4v) is 5.15. The normalized spacial score (nSPS) is 11.1. The Bertz CT molecular complexity index is 1850. The smallest absolute Gasteiger partial charge is 0.0464 e. The molecule has 0 fully saturated rings. The van der Waals surface area contributed by atoms with E-state index in [9.17, 15) is 0 Å². The van der Waals surface area contributed by atoms with Crippen LogP contribution in [0.5, 0.6) is 0 Å². The first-order chi connectivity index (χ1) is 23.5.